The molecule has 37 heavy (non-hydrogen) atoms. The lowest BCUT2D eigenvalue weighted by Gasteiger charge is -2.33. The summed E-state index contributed by atoms with van der Waals surface area (Å²) in [7, 11) is 0. The number of nitrogens with one attached hydrogen (secondary N) is 1. The van der Waals surface area contributed by atoms with Gasteiger partial charge in [0.2, 0.25) is 5.91 Å². The number of anilines is 1. The van der Waals surface area contributed by atoms with Crippen LogP contribution in [0.5, 0.6) is 5.75 Å². The second kappa shape index (κ2) is 11.3. The zero-order chi connectivity index (χ0) is 26.7. The molecule has 1 aromatic carbocycles. The van der Waals surface area contributed by atoms with Gasteiger partial charge in [0.05, 0.1) is 11.3 Å². The molecule has 9 heteroatoms. The number of hydrogen-bond acceptors (Lipinski definition) is 7. The SMILES string of the molecule is CCn1c(COc2c(C)cccc2C)nnc1SCC(=O)Nc1sc2c(c1C#N)CC[C@H](C(C)(C)C)C2. The number of fused-ring (bicyclic) bond motifs is 1. The number of para-hydroxylation sites is 1. The van der Waals surface area contributed by atoms with Crippen LogP contribution in [-0.2, 0) is 30.8 Å². The van der Waals surface area contributed by atoms with Crippen LogP contribution in [0, 0.1) is 36.5 Å². The summed E-state index contributed by atoms with van der Waals surface area (Å²) >= 11 is 2.90. The first-order valence-electron chi connectivity index (χ1n) is 12.7. The number of carbonyl (C=O) groups excluding carboxylic acids is 1. The Kier molecular flexibility index (Phi) is 8.29. The summed E-state index contributed by atoms with van der Waals surface area (Å²) in [5.41, 5.74) is 4.14. The van der Waals surface area contributed by atoms with Gasteiger partial charge in [-0.15, -0.1) is 21.5 Å². The summed E-state index contributed by atoms with van der Waals surface area (Å²) in [5, 5.41) is 22.8. The number of amides is 1. The lowest BCUT2D eigenvalue weighted by atomic mass is 9.72. The Labute approximate surface area is 227 Å². The molecule has 0 aliphatic heterocycles. The van der Waals surface area contributed by atoms with E-state index in [1.54, 1.807) is 11.3 Å². The molecule has 0 unspecified atom stereocenters. The Balaban J connectivity index is 1.39. The first-order chi connectivity index (χ1) is 17.6. The predicted molar refractivity (Wildman–Crippen MR) is 149 cm³/mol. The molecule has 3 aromatic rings. The molecule has 0 radical (unpaired) electrons. The maximum atomic E-state index is 12.9. The van der Waals surface area contributed by atoms with Crippen molar-refractivity contribution in [2.45, 2.75) is 79.1 Å². The molecule has 4 rings (SSSR count). The molecule has 1 aliphatic rings. The molecule has 2 heterocycles. The number of ether oxygens (including phenoxy) is 1. The Bertz CT molecular complexity index is 1310. The molecule has 0 bridgehead atoms. The maximum absolute atomic E-state index is 12.9. The highest BCUT2D eigenvalue weighted by molar-refractivity contribution is 7.99. The summed E-state index contributed by atoms with van der Waals surface area (Å²) in [5.74, 6) is 2.21. The smallest absolute Gasteiger partial charge is 0.235 e. The molecular weight excluding hydrogens is 502 g/mol. The number of aryl methyl sites for hydroxylation is 2. The molecule has 0 spiro atoms. The summed E-state index contributed by atoms with van der Waals surface area (Å²) < 4.78 is 8.04. The summed E-state index contributed by atoms with van der Waals surface area (Å²) in [6.45, 7) is 13.9. The van der Waals surface area contributed by atoms with Gasteiger partial charge in [0.15, 0.2) is 11.0 Å². The Morgan fingerprint density at radius 3 is 2.68 bits per heavy atom. The number of benzene rings is 1. The van der Waals surface area contributed by atoms with Crippen molar-refractivity contribution in [2.24, 2.45) is 11.3 Å². The number of hydrogen-bond donors (Lipinski definition) is 1. The van der Waals surface area contributed by atoms with Crippen molar-refractivity contribution in [1.29, 1.82) is 5.26 Å². The van der Waals surface area contributed by atoms with Crippen LogP contribution in [0.2, 0.25) is 0 Å². The third-order valence-electron chi connectivity index (χ3n) is 7.05. The van der Waals surface area contributed by atoms with Crippen LogP contribution in [0.15, 0.2) is 23.4 Å². The van der Waals surface area contributed by atoms with Gasteiger partial charge in [-0.05, 0) is 68.1 Å². The fraction of sp³-hybridized carbons (Fsp3) is 0.500. The van der Waals surface area contributed by atoms with Crippen molar-refractivity contribution in [2.75, 3.05) is 11.1 Å². The lowest BCUT2D eigenvalue weighted by Crippen LogP contribution is -2.26. The zero-order valence-corrected chi connectivity index (χ0v) is 24.1. The van der Waals surface area contributed by atoms with Gasteiger partial charge in [-0.25, -0.2) is 0 Å². The highest BCUT2D eigenvalue weighted by atomic mass is 32.2. The van der Waals surface area contributed by atoms with Gasteiger partial charge < -0.3 is 14.6 Å². The third kappa shape index (κ3) is 6.02. The quantitative estimate of drug-likeness (QED) is 0.339. The average Bonchev–Trinajstić information content (AvgIpc) is 3.40. The molecule has 7 nitrogen and oxygen atoms in total. The number of thioether (sulfide) groups is 1. The number of nitriles is 1. The van der Waals surface area contributed by atoms with Crippen molar-refractivity contribution in [3.05, 3.63) is 51.2 Å². The fourth-order valence-electron chi connectivity index (χ4n) is 4.84. The molecule has 2 aromatic heterocycles. The number of thiophene rings is 1. The predicted octanol–water partition coefficient (Wildman–Crippen LogP) is 6.31. The van der Waals surface area contributed by atoms with Gasteiger partial charge in [0, 0.05) is 11.4 Å². The number of rotatable bonds is 8. The fourth-order valence-corrected chi connectivity index (χ4v) is 6.95. The van der Waals surface area contributed by atoms with E-state index in [-0.39, 0.29) is 17.1 Å². The van der Waals surface area contributed by atoms with E-state index in [1.807, 2.05) is 43.5 Å². The van der Waals surface area contributed by atoms with E-state index < -0.39 is 0 Å². The van der Waals surface area contributed by atoms with Crippen molar-refractivity contribution in [3.8, 4) is 11.8 Å². The molecule has 1 aliphatic carbocycles. The van der Waals surface area contributed by atoms with Crippen molar-refractivity contribution < 1.29 is 9.53 Å². The van der Waals surface area contributed by atoms with Crippen LogP contribution in [0.1, 0.15) is 67.1 Å². The van der Waals surface area contributed by atoms with Crippen LogP contribution in [0.3, 0.4) is 0 Å². The lowest BCUT2D eigenvalue weighted by molar-refractivity contribution is -0.113. The second-order valence-corrected chi connectivity index (χ2v) is 12.7. The first-order valence-corrected chi connectivity index (χ1v) is 14.5. The standard InChI is InChI=1S/C28H35N5O2S2/c1-7-33-23(15-35-25-17(2)9-8-10-18(25)3)31-32-27(33)36-16-24(34)30-26-21(14-29)20-12-11-19(28(4,5)6)13-22(20)37-26/h8-10,19H,7,11-13,15-16H2,1-6H3,(H,30,34)/t19-/m0/s1. The summed E-state index contributed by atoms with van der Waals surface area (Å²) in [6.07, 6.45) is 2.94. The van der Waals surface area contributed by atoms with Gasteiger partial charge in [0.1, 0.15) is 23.4 Å². The van der Waals surface area contributed by atoms with Crippen LogP contribution in [-0.4, -0.2) is 26.4 Å². The van der Waals surface area contributed by atoms with Gasteiger partial charge in [-0.1, -0.05) is 50.7 Å². The summed E-state index contributed by atoms with van der Waals surface area (Å²) in [6, 6.07) is 8.41. The van der Waals surface area contributed by atoms with E-state index in [1.165, 1.54) is 16.6 Å². The van der Waals surface area contributed by atoms with Crippen LogP contribution in [0.4, 0.5) is 5.00 Å². The summed E-state index contributed by atoms with van der Waals surface area (Å²) in [4.78, 5) is 14.1. The van der Waals surface area contributed by atoms with E-state index in [0.717, 1.165) is 47.5 Å². The van der Waals surface area contributed by atoms with Gasteiger partial charge in [-0.2, -0.15) is 5.26 Å². The largest absolute Gasteiger partial charge is 0.485 e. The maximum Gasteiger partial charge on any atom is 0.235 e. The zero-order valence-electron chi connectivity index (χ0n) is 22.5. The third-order valence-corrected chi connectivity index (χ3v) is 9.19. The molecule has 0 saturated carbocycles. The van der Waals surface area contributed by atoms with E-state index in [4.69, 9.17) is 4.74 Å². The van der Waals surface area contributed by atoms with E-state index in [9.17, 15) is 10.1 Å². The minimum atomic E-state index is -0.147. The number of carbonyl (C=O) groups is 1. The Morgan fingerprint density at radius 1 is 1.30 bits per heavy atom. The van der Waals surface area contributed by atoms with E-state index in [2.05, 4.69) is 42.4 Å². The van der Waals surface area contributed by atoms with Crippen molar-refractivity contribution >= 4 is 34.0 Å². The van der Waals surface area contributed by atoms with Crippen molar-refractivity contribution in [3.63, 3.8) is 0 Å². The average molecular weight is 538 g/mol. The molecule has 0 fully saturated rings. The second-order valence-electron chi connectivity index (χ2n) is 10.6. The van der Waals surface area contributed by atoms with E-state index in [0.29, 0.717) is 34.8 Å². The Hall–Kier alpha value is -2.83. The number of aromatic nitrogens is 3. The van der Waals surface area contributed by atoms with E-state index >= 15 is 0 Å². The molecule has 1 atom stereocenters. The van der Waals surface area contributed by atoms with Crippen LogP contribution >= 0.6 is 23.1 Å². The molecule has 1 amide bonds. The molecule has 0 saturated heterocycles. The molecule has 196 valence electrons. The highest BCUT2D eigenvalue weighted by Crippen LogP contribution is 2.44. The topological polar surface area (TPSA) is 92.8 Å². The van der Waals surface area contributed by atoms with Crippen molar-refractivity contribution in [1.82, 2.24) is 14.8 Å². The van der Waals surface area contributed by atoms with Gasteiger partial charge >= 0.3 is 0 Å². The first kappa shape index (κ1) is 27.2. The van der Waals surface area contributed by atoms with Crippen LogP contribution < -0.4 is 10.1 Å². The Morgan fingerprint density at radius 2 is 2.03 bits per heavy atom. The van der Waals surface area contributed by atoms with Gasteiger partial charge in [-0.3, -0.25) is 4.79 Å². The monoisotopic (exact) mass is 537 g/mol. The number of nitrogens with zero attached hydrogens (tertiary/aromatic N) is 4. The minimum Gasteiger partial charge on any atom is -0.485 e. The van der Waals surface area contributed by atoms with Crippen LogP contribution in [0.25, 0.3) is 0 Å². The highest BCUT2D eigenvalue weighted by Gasteiger charge is 2.32. The minimum absolute atomic E-state index is 0.147. The van der Waals surface area contributed by atoms with Gasteiger partial charge in [0.25, 0.3) is 0 Å². The molecule has 1 N–H and O–H groups in total. The normalized spacial score (nSPS) is 15.2. The molecular formula is C28H35N5O2S2.